The van der Waals surface area contributed by atoms with Crippen LogP contribution in [0.3, 0.4) is 0 Å². The van der Waals surface area contributed by atoms with Gasteiger partial charge in [0.05, 0.1) is 0 Å². The molecule has 0 radical (unpaired) electrons. The number of ether oxygens (including phenoxy) is 4. The van der Waals surface area contributed by atoms with Gasteiger partial charge in [-0.25, -0.2) is 9.59 Å². The van der Waals surface area contributed by atoms with E-state index in [2.05, 4.69) is 11.8 Å². The lowest BCUT2D eigenvalue weighted by Gasteiger charge is -2.17. The molecular formula is C21H18O7. The zero-order chi connectivity index (χ0) is 20.2. The van der Waals surface area contributed by atoms with Gasteiger partial charge in [0.1, 0.15) is 13.2 Å². The minimum Gasteiger partial charge on any atom is -0.452 e. The van der Waals surface area contributed by atoms with Crippen LogP contribution in [0.1, 0.15) is 24.3 Å². The molecule has 0 spiro atoms. The van der Waals surface area contributed by atoms with Crippen LogP contribution in [0.4, 0.5) is 4.79 Å². The summed E-state index contributed by atoms with van der Waals surface area (Å²) in [6, 6.07) is 17.4. The second-order valence-electron chi connectivity index (χ2n) is 5.32. The standard InChI is InChI=1S/C21H18O7/c1-16(22)27-20(18-10-6-3-7-11-18)28-21(24)26-15-14-25-19(23)13-12-17-8-4-2-5-9-17/h2-11,20H,14-15H2,1H3/t20-/m0/s1. The maximum atomic E-state index is 11.8. The van der Waals surface area contributed by atoms with Crippen molar-refractivity contribution in [3.05, 3.63) is 71.8 Å². The van der Waals surface area contributed by atoms with Gasteiger partial charge in [0.25, 0.3) is 6.29 Å². The fraction of sp³-hybridized carbons (Fsp3) is 0.190. The third kappa shape index (κ3) is 7.62. The van der Waals surface area contributed by atoms with E-state index in [-0.39, 0.29) is 13.2 Å². The average molecular weight is 382 g/mol. The van der Waals surface area contributed by atoms with Crippen molar-refractivity contribution < 1.29 is 33.3 Å². The molecule has 2 rings (SSSR count). The number of hydrogen-bond donors (Lipinski definition) is 0. The fourth-order valence-electron chi connectivity index (χ4n) is 1.98. The topological polar surface area (TPSA) is 88.1 Å². The predicted molar refractivity (Wildman–Crippen MR) is 97.7 cm³/mol. The largest absolute Gasteiger partial charge is 0.511 e. The van der Waals surface area contributed by atoms with E-state index in [0.29, 0.717) is 11.1 Å². The van der Waals surface area contributed by atoms with Crippen molar-refractivity contribution in [2.24, 2.45) is 0 Å². The smallest absolute Gasteiger partial charge is 0.452 e. The summed E-state index contributed by atoms with van der Waals surface area (Å²) < 4.78 is 19.6. The van der Waals surface area contributed by atoms with Crippen molar-refractivity contribution in [2.75, 3.05) is 13.2 Å². The van der Waals surface area contributed by atoms with Crippen LogP contribution in [0.25, 0.3) is 0 Å². The van der Waals surface area contributed by atoms with E-state index in [1.165, 1.54) is 6.92 Å². The summed E-state index contributed by atoms with van der Waals surface area (Å²) in [5, 5.41) is 0. The third-order valence-corrected chi connectivity index (χ3v) is 3.17. The van der Waals surface area contributed by atoms with E-state index >= 15 is 0 Å². The lowest BCUT2D eigenvalue weighted by molar-refractivity contribution is -0.170. The first-order chi connectivity index (χ1) is 13.5. The number of carbonyl (C=O) groups is 3. The first-order valence-electron chi connectivity index (χ1n) is 8.34. The zero-order valence-corrected chi connectivity index (χ0v) is 15.1. The maximum Gasteiger partial charge on any atom is 0.511 e. The summed E-state index contributed by atoms with van der Waals surface area (Å²) in [7, 11) is 0. The molecular weight excluding hydrogens is 364 g/mol. The summed E-state index contributed by atoms with van der Waals surface area (Å²) >= 11 is 0. The first-order valence-corrected chi connectivity index (χ1v) is 8.34. The Morgan fingerprint density at radius 3 is 2.11 bits per heavy atom. The van der Waals surface area contributed by atoms with Crippen molar-refractivity contribution in [3.63, 3.8) is 0 Å². The van der Waals surface area contributed by atoms with Gasteiger partial charge in [-0.2, -0.15) is 0 Å². The lowest BCUT2D eigenvalue weighted by atomic mass is 10.2. The summed E-state index contributed by atoms with van der Waals surface area (Å²) in [5.41, 5.74) is 1.15. The molecule has 0 saturated heterocycles. The van der Waals surface area contributed by atoms with Gasteiger partial charge in [0.2, 0.25) is 0 Å². The van der Waals surface area contributed by atoms with Crippen molar-refractivity contribution in [3.8, 4) is 11.8 Å². The Balaban J connectivity index is 1.74. The molecule has 7 heteroatoms. The van der Waals surface area contributed by atoms with E-state index in [1.54, 1.807) is 54.6 Å². The van der Waals surface area contributed by atoms with Gasteiger partial charge in [-0.15, -0.1) is 0 Å². The minimum atomic E-state index is -1.23. The van der Waals surface area contributed by atoms with Crippen LogP contribution in [0, 0.1) is 11.8 Å². The Labute approximate surface area is 162 Å². The summed E-state index contributed by atoms with van der Waals surface area (Å²) in [6.07, 6.45) is -2.30. The number of rotatable bonds is 6. The molecule has 0 saturated carbocycles. The van der Waals surface area contributed by atoms with Gasteiger partial charge in [-0.3, -0.25) is 4.79 Å². The molecule has 0 aromatic heterocycles. The molecule has 0 amide bonds. The summed E-state index contributed by atoms with van der Waals surface area (Å²) in [6.45, 7) is 0.765. The Bertz CT molecular complexity index is 851. The highest BCUT2D eigenvalue weighted by Gasteiger charge is 2.20. The second-order valence-corrected chi connectivity index (χ2v) is 5.32. The van der Waals surface area contributed by atoms with Gasteiger partial charge in [0, 0.05) is 24.0 Å². The minimum absolute atomic E-state index is 0.193. The molecule has 7 nitrogen and oxygen atoms in total. The van der Waals surface area contributed by atoms with Crippen molar-refractivity contribution in [2.45, 2.75) is 13.2 Å². The van der Waals surface area contributed by atoms with E-state index in [9.17, 15) is 14.4 Å². The van der Waals surface area contributed by atoms with E-state index in [0.717, 1.165) is 0 Å². The van der Waals surface area contributed by atoms with Crippen LogP contribution >= 0.6 is 0 Å². The van der Waals surface area contributed by atoms with Crippen molar-refractivity contribution >= 4 is 18.1 Å². The highest BCUT2D eigenvalue weighted by Crippen LogP contribution is 2.19. The van der Waals surface area contributed by atoms with Crippen LogP contribution < -0.4 is 0 Å². The SMILES string of the molecule is CC(=O)O[C@@H](OC(=O)OCCOC(=O)C#Cc1ccccc1)c1ccccc1. The molecule has 2 aromatic rings. The molecule has 0 aliphatic rings. The van der Waals surface area contributed by atoms with Gasteiger partial charge < -0.3 is 18.9 Å². The number of hydrogen-bond acceptors (Lipinski definition) is 7. The lowest BCUT2D eigenvalue weighted by Crippen LogP contribution is -2.19. The molecule has 0 bridgehead atoms. The third-order valence-electron chi connectivity index (χ3n) is 3.17. The second kappa shape index (κ2) is 11.0. The van der Waals surface area contributed by atoms with Crippen LogP contribution in [0.5, 0.6) is 0 Å². The number of carbonyl (C=O) groups excluding carboxylic acids is 3. The molecule has 0 fully saturated rings. The summed E-state index contributed by atoms with van der Waals surface area (Å²) in [5.74, 6) is 3.61. The van der Waals surface area contributed by atoms with Gasteiger partial charge >= 0.3 is 18.1 Å². The van der Waals surface area contributed by atoms with Crippen LogP contribution in [0.2, 0.25) is 0 Å². The Kier molecular flexibility index (Phi) is 8.09. The van der Waals surface area contributed by atoms with Crippen LogP contribution in [-0.4, -0.2) is 31.3 Å². The monoisotopic (exact) mass is 382 g/mol. The van der Waals surface area contributed by atoms with E-state index in [4.69, 9.17) is 18.9 Å². The Hall–Kier alpha value is -3.79. The van der Waals surface area contributed by atoms with Gasteiger partial charge in [-0.05, 0) is 12.1 Å². The molecule has 0 heterocycles. The zero-order valence-electron chi connectivity index (χ0n) is 15.1. The molecule has 0 aliphatic carbocycles. The molecule has 0 aliphatic heterocycles. The molecule has 0 unspecified atom stereocenters. The fourth-order valence-corrected chi connectivity index (χ4v) is 1.98. The molecule has 28 heavy (non-hydrogen) atoms. The first kappa shape index (κ1) is 20.5. The van der Waals surface area contributed by atoms with Crippen LogP contribution in [-0.2, 0) is 28.5 Å². The number of benzene rings is 2. The van der Waals surface area contributed by atoms with Crippen LogP contribution in [0.15, 0.2) is 60.7 Å². The Morgan fingerprint density at radius 1 is 0.857 bits per heavy atom. The maximum absolute atomic E-state index is 11.8. The molecule has 144 valence electrons. The van der Waals surface area contributed by atoms with Crippen molar-refractivity contribution in [1.82, 2.24) is 0 Å². The van der Waals surface area contributed by atoms with Gasteiger partial charge in [-0.1, -0.05) is 54.5 Å². The van der Waals surface area contributed by atoms with E-state index in [1.807, 2.05) is 6.07 Å². The summed E-state index contributed by atoms with van der Waals surface area (Å²) in [4.78, 5) is 34.5. The van der Waals surface area contributed by atoms with Gasteiger partial charge in [0.15, 0.2) is 0 Å². The Morgan fingerprint density at radius 2 is 1.46 bits per heavy atom. The average Bonchev–Trinajstić information content (AvgIpc) is 2.70. The highest BCUT2D eigenvalue weighted by atomic mass is 16.8. The van der Waals surface area contributed by atoms with Crippen molar-refractivity contribution in [1.29, 1.82) is 0 Å². The molecule has 1 atom stereocenters. The molecule has 2 aromatic carbocycles. The predicted octanol–water partition coefficient (Wildman–Crippen LogP) is 3.00. The highest BCUT2D eigenvalue weighted by molar-refractivity contribution is 5.89. The van der Waals surface area contributed by atoms with E-state index < -0.39 is 24.4 Å². The number of esters is 2. The normalized spacial score (nSPS) is 10.6. The molecule has 0 N–H and O–H groups in total. The quantitative estimate of drug-likeness (QED) is 0.249.